The normalized spacial score (nSPS) is 19.9. The zero-order valence-electron chi connectivity index (χ0n) is 20.1. The highest BCUT2D eigenvalue weighted by atomic mass is 35.5. The number of aromatic nitrogens is 1. The van der Waals surface area contributed by atoms with E-state index in [1.54, 1.807) is 30.6 Å². The Morgan fingerprint density at radius 2 is 2.19 bits per heavy atom. The maximum atomic E-state index is 12.9. The highest BCUT2D eigenvalue weighted by molar-refractivity contribution is 7.81. The molecule has 9 nitrogen and oxygen atoms in total. The molecule has 1 aromatic heterocycles. The molecule has 3 heterocycles. The lowest BCUT2D eigenvalue weighted by Crippen LogP contribution is -2.43. The molecule has 4 rings (SSSR count). The lowest BCUT2D eigenvalue weighted by atomic mass is 9.97. The Morgan fingerprint density at radius 1 is 1.33 bits per heavy atom. The van der Waals surface area contributed by atoms with Crippen molar-refractivity contribution in [3.8, 4) is 11.5 Å². The molecule has 36 heavy (non-hydrogen) atoms. The first-order valence-corrected chi connectivity index (χ1v) is 12.4. The number of rotatable bonds is 9. The van der Waals surface area contributed by atoms with E-state index < -0.39 is 0 Å². The van der Waals surface area contributed by atoms with Crippen molar-refractivity contribution in [2.24, 2.45) is 5.92 Å². The van der Waals surface area contributed by atoms with Crippen molar-refractivity contribution in [1.29, 1.82) is 0 Å². The van der Waals surface area contributed by atoms with E-state index in [4.69, 9.17) is 42.8 Å². The van der Waals surface area contributed by atoms with Crippen molar-refractivity contribution in [2.45, 2.75) is 19.6 Å². The molecule has 0 spiro atoms. The molecule has 1 amide bonds. The Kier molecular flexibility index (Phi) is 8.98. The number of amides is 1. The van der Waals surface area contributed by atoms with Crippen molar-refractivity contribution in [3.63, 3.8) is 0 Å². The maximum absolute atomic E-state index is 12.9. The second-order valence-electron chi connectivity index (χ2n) is 8.39. The first-order chi connectivity index (χ1) is 17.5. The fraction of sp³-hybridized carbons (Fsp3) is 0.400. The molecule has 2 aliphatic heterocycles. The second-order valence-corrected chi connectivity index (χ2v) is 9.21. The van der Waals surface area contributed by atoms with Gasteiger partial charge in [-0.05, 0) is 18.2 Å². The van der Waals surface area contributed by atoms with Crippen LogP contribution in [0.15, 0.2) is 47.9 Å². The fourth-order valence-electron chi connectivity index (χ4n) is 3.98. The summed E-state index contributed by atoms with van der Waals surface area (Å²) in [4.78, 5) is 17.4. The predicted octanol–water partition coefficient (Wildman–Crippen LogP) is 3.09. The summed E-state index contributed by atoms with van der Waals surface area (Å²) in [5.74, 6) is 0.845. The maximum Gasteiger partial charge on any atom is 0.256 e. The van der Waals surface area contributed by atoms with E-state index in [0.717, 1.165) is 11.3 Å². The van der Waals surface area contributed by atoms with E-state index in [9.17, 15) is 4.79 Å². The quantitative estimate of drug-likeness (QED) is 0.420. The monoisotopic (exact) mass is 532 g/mol. The van der Waals surface area contributed by atoms with Gasteiger partial charge in [0.2, 0.25) is 0 Å². The van der Waals surface area contributed by atoms with Crippen molar-refractivity contribution in [3.05, 3.63) is 58.5 Å². The second kappa shape index (κ2) is 12.4. The third-order valence-corrected chi connectivity index (χ3v) is 6.46. The van der Waals surface area contributed by atoms with Crippen molar-refractivity contribution >= 4 is 40.4 Å². The fourth-order valence-corrected chi connectivity index (χ4v) is 4.55. The van der Waals surface area contributed by atoms with Crippen LogP contribution in [-0.4, -0.2) is 62.1 Å². The van der Waals surface area contributed by atoms with Gasteiger partial charge in [0.1, 0.15) is 23.4 Å². The summed E-state index contributed by atoms with van der Waals surface area (Å²) in [5.41, 5.74) is 2.58. The van der Waals surface area contributed by atoms with Gasteiger partial charge in [0.25, 0.3) is 5.91 Å². The standard InChI is InChI=1S/C25H29ClN4O5S/c1-15-10-29-24(31)21(25(36)30-19-5-3-4-18(26)23(19)32-2)22(15)28-11-16-6-7-27-12-20(16)35-14-17-13-33-8-9-34-17/h3-7,12,15,17,28H,8-11,13-14H2,1-2H3,(H,29,31)(H,30,36). The number of nitrogens with zero attached hydrogens (tertiary/aromatic N) is 1. The number of nitrogens with one attached hydrogen (secondary N) is 3. The molecule has 2 atom stereocenters. The van der Waals surface area contributed by atoms with E-state index in [0.29, 0.717) is 67.3 Å². The predicted molar refractivity (Wildman–Crippen MR) is 141 cm³/mol. The molecule has 2 aliphatic rings. The smallest absolute Gasteiger partial charge is 0.256 e. The number of methoxy groups -OCH3 is 1. The van der Waals surface area contributed by atoms with Gasteiger partial charge >= 0.3 is 0 Å². The minimum absolute atomic E-state index is 0.0118. The van der Waals surface area contributed by atoms with Gasteiger partial charge in [-0.3, -0.25) is 9.78 Å². The number of thiocarbonyl (C=S) groups is 1. The summed E-state index contributed by atoms with van der Waals surface area (Å²) in [6.07, 6.45) is 3.25. The van der Waals surface area contributed by atoms with Crippen molar-refractivity contribution in [1.82, 2.24) is 15.6 Å². The molecule has 1 aromatic carbocycles. The summed E-state index contributed by atoms with van der Waals surface area (Å²) in [6, 6.07) is 7.17. The van der Waals surface area contributed by atoms with Crippen LogP contribution < -0.4 is 25.4 Å². The molecule has 192 valence electrons. The number of pyridine rings is 1. The molecule has 2 unspecified atom stereocenters. The largest absolute Gasteiger partial charge is 0.493 e. The average molecular weight is 533 g/mol. The van der Waals surface area contributed by atoms with Crippen LogP contribution in [0.1, 0.15) is 12.5 Å². The summed E-state index contributed by atoms with van der Waals surface area (Å²) in [7, 11) is 1.53. The lowest BCUT2D eigenvalue weighted by Gasteiger charge is -2.28. The first kappa shape index (κ1) is 26.2. The Bertz CT molecular complexity index is 1140. The van der Waals surface area contributed by atoms with Gasteiger partial charge in [0.05, 0.1) is 49.4 Å². The zero-order valence-corrected chi connectivity index (χ0v) is 21.7. The van der Waals surface area contributed by atoms with Crippen molar-refractivity contribution in [2.75, 3.05) is 45.4 Å². The van der Waals surface area contributed by atoms with Gasteiger partial charge in [-0.2, -0.15) is 0 Å². The van der Waals surface area contributed by atoms with Gasteiger partial charge < -0.3 is 34.9 Å². The molecule has 2 aromatic rings. The number of hydrogen-bond donors (Lipinski definition) is 3. The molecule has 0 aliphatic carbocycles. The minimum Gasteiger partial charge on any atom is -0.493 e. The SMILES string of the molecule is COc1c(Cl)cccc1NC(=S)C1=C(NCc2ccncc2OCC2COCCO2)C(C)CNC1=O. The van der Waals surface area contributed by atoms with Gasteiger partial charge in [-0.1, -0.05) is 36.8 Å². The third-order valence-electron chi connectivity index (χ3n) is 5.85. The molecule has 1 saturated heterocycles. The van der Waals surface area contributed by atoms with Crippen LogP contribution >= 0.6 is 23.8 Å². The number of carbonyl (C=O) groups is 1. The molecule has 0 radical (unpaired) electrons. The lowest BCUT2D eigenvalue weighted by molar-refractivity contribution is -0.117. The summed E-state index contributed by atoms with van der Waals surface area (Å²) < 4.78 is 22.5. The van der Waals surface area contributed by atoms with Gasteiger partial charge in [0, 0.05) is 36.5 Å². The molecular weight excluding hydrogens is 504 g/mol. The Balaban J connectivity index is 1.52. The Morgan fingerprint density at radius 3 is 2.97 bits per heavy atom. The first-order valence-electron chi connectivity index (χ1n) is 11.6. The van der Waals surface area contributed by atoms with E-state index in [1.165, 1.54) is 7.11 Å². The number of para-hydroxylation sites is 1. The molecule has 0 saturated carbocycles. The summed E-state index contributed by atoms with van der Waals surface area (Å²) in [5, 5.41) is 9.89. The molecule has 0 bridgehead atoms. The third kappa shape index (κ3) is 6.25. The van der Waals surface area contributed by atoms with Gasteiger partial charge in [-0.25, -0.2) is 0 Å². The topological polar surface area (TPSA) is 103 Å². The van der Waals surface area contributed by atoms with Crippen LogP contribution in [0.3, 0.4) is 0 Å². The van der Waals surface area contributed by atoms with Gasteiger partial charge in [0.15, 0.2) is 5.75 Å². The Hall–Kier alpha value is -2.92. The van der Waals surface area contributed by atoms with Crippen molar-refractivity contribution < 1.29 is 23.7 Å². The van der Waals surface area contributed by atoms with E-state index in [1.807, 2.05) is 13.0 Å². The molecular formula is C25H29ClN4O5S. The summed E-state index contributed by atoms with van der Waals surface area (Å²) >= 11 is 11.9. The van der Waals surface area contributed by atoms with Crippen LogP contribution in [-0.2, 0) is 20.8 Å². The Labute approximate surface area is 220 Å². The van der Waals surface area contributed by atoms with E-state index in [2.05, 4.69) is 20.9 Å². The molecule has 3 N–H and O–H groups in total. The number of ether oxygens (including phenoxy) is 4. The highest BCUT2D eigenvalue weighted by Gasteiger charge is 2.29. The summed E-state index contributed by atoms with van der Waals surface area (Å²) in [6.45, 7) is 4.95. The van der Waals surface area contributed by atoms with E-state index >= 15 is 0 Å². The van der Waals surface area contributed by atoms with Gasteiger partial charge in [-0.15, -0.1) is 0 Å². The van der Waals surface area contributed by atoms with Crippen LogP contribution in [0.4, 0.5) is 5.69 Å². The highest BCUT2D eigenvalue weighted by Crippen LogP contribution is 2.33. The number of anilines is 1. The zero-order chi connectivity index (χ0) is 25.5. The van der Waals surface area contributed by atoms with Crippen LogP contribution in [0.25, 0.3) is 0 Å². The number of benzene rings is 1. The van der Waals surface area contributed by atoms with E-state index in [-0.39, 0.29) is 22.9 Å². The molecule has 11 heteroatoms. The van der Waals surface area contributed by atoms with Crippen LogP contribution in [0.2, 0.25) is 5.02 Å². The number of halogens is 1. The average Bonchev–Trinajstić information content (AvgIpc) is 2.89. The van der Waals surface area contributed by atoms with Crippen LogP contribution in [0.5, 0.6) is 11.5 Å². The number of carbonyl (C=O) groups excluding carboxylic acids is 1. The minimum atomic E-state index is -0.255. The molecule has 1 fully saturated rings. The van der Waals surface area contributed by atoms with Crippen LogP contribution in [0, 0.1) is 5.92 Å². The number of hydrogen-bond acceptors (Lipinski definition) is 8.